The number of para-hydroxylation sites is 2. The Bertz CT molecular complexity index is 1220. The average Bonchev–Trinajstić information content (AvgIpc) is 3.38. The molecule has 0 saturated heterocycles. The van der Waals surface area contributed by atoms with E-state index in [1.165, 1.54) is 0 Å². The lowest BCUT2D eigenvalue weighted by Gasteiger charge is -2.21. The minimum absolute atomic E-state index is 0.152. The Morgan fingerprint density at radius 2 is 1.97 bits per heavy atom. The van der Waals surface area contributed by atoms with Crippen LogP contribution in [0.2, 0.25) is 0 Å². The smallest absolute Gasteiger partial charge is 0.246 e. The van der Waals surface area contributed by atoms with Gasteiger partial charge in [-0.05, 0) is 24.1 Å². The maximum atomic E-state index is 13.1. The van der Waals surface area contributed by atoms with Crippen molar-refractivity contribution >= 4 is 22.9 Å². The van der Waals surface area contributed by atoms with Gasteiger partial charge >= 0.3 is 0 Å². The van der Waals surface area contributed by atoms with Gasteiger partial charge in [0.1, 0.15) is 11.5 Å². The maximum absolute atomic E-state index is 13.1. The molecule has 1 amide bonds. The Kier molecular flexibility index (Phi) is 5.01. The first-order chi connectivity index (χ1) is 15.1. The number of nitrogens with zero attached hydrogens (tertiary/aromatic N) is 4. The monoisotopic (exact) mass is 417 g/mol. The first kappa shape index (κ1) is 19.5. The number of aliphatic hydroxyl groups is 1. The van der Waals surface area contributed by atoms with Crippen LogP contribution < -0.4 is 10.2 Å². The summed E-state index contributed by atoms with van der Waals surface area (Å²) in [7, 11) is 1.71. The molecular formula is C23H23N5O3. The zero-order valence-electron chi connectivity index (χ0n) is 17.1. The largest absolute Gasteiger partial charge is 0.372 e. The molecule has 8 nitrogen and oxygen atoms in total. The highest BCUT2D eigenvalue weighted by Crippen LogP contribution is 2.26. The Labute approximate surface area is 179 Å². The molecular weight excluding hydrogens is 394 g/mol. The summed E-state index contributed by atoms with van der Waals surface area (Å²) >= 11 is 0. The van der Waals surface area contributed by atoms with Crippen molar-refractivity contribution in [1.82, 2.24) is 20.0 Å². The third-order valence-electron chi connectivity index (χ3n) is 5.64. The van der Waals surface area contributed by atoms with Crippen LogP contribution in [-0.2, 0) is 17.8 Å². The second-order valence-electron chi connectivity index (χ2n) is 7.74. The van der Waals surface area contributed by atoms with Gasteiger partial charge in [-0.25, -0.2) is 4.98 Å². The molecule has 0 aliphatic carbocycles. The first-order valence-electron chi connectivity index (χ1n) is 10.3. The summed E-state index contributed by atoms with van der Waals surface area (Å²) in [5, 5.41) is 17.7. The Morgan fingerprint density at radius 3 is 2.81 bits per heavy atom. The number of benzene rings is 2. The van der Waals surface area contributed by atoms with Gasteiger partial charge in [0.05, 0.1) is 17.1 Å². The van der Waals surface area contributed by atoms with E-state index in [0.717, 1.165) is 16.6 Å². The molecule has 1 aliphatic heterocycles. The molecule has 3 heterocycles. The van der Waals surface area contributed by atoms with E-state index in [4.69, 9.17) is 4.52 Å². The van der Waals surface area contributed by atoms with E-state index in [1.807, 2.05) is 59.2 Å². The normalized spacial score (nSPS) is 17.5. The van der Waals surface area contributed by atoms with Crippen LogP contribution in [0.1, 0.15) is 29.7 Å². The molecule has 2 N–H and O–H groups in total. The number of carbonyl (C=O) groups excluding carboxylic acids is 1. The first-order valence-corrected chi connectivity index (χ1v) is 10.3. The van der Waals surface area contributed by atoms with Crippen LogP contribution >= 0.6 is 0 Å². The zero-order valence-corrected chi connectivity index (χ0v) is 17.1. The van der Waals surface area contributed by atoms with Crippen molar-refractivity contribution in [2.45, 2.75) is 31.7 Å². The molecule has 158 valence electrons. The highest BCUT2D eigenvalue weighted by atomic mass is 16.5. The predicted molar refractivity (Wildman–Crippen MR) is 115 cm³/mol. The van der Waals surface area contributed by atoms with Gasteiger partial charge in [0, 0.05) is 26.1 Å². The summed E-state index contributed by atoms with van der Waals surface area (Å²) in [6, 6.07) is 18.9. The SMILES string of the molecule is CN1C(=O)[C@@H](NC(O)c2cc(Cc3ccccc3)on2)CCn2c1nc1ccccc12. The fourth-order valence-corrected chi connectivity index (χ4v) is 4.02. The second-order valence-corrected chi connectivity index (χ2v) is 7.74. The van der Waals surface area contributed by atoms with E-state index in [0.29, 0.717) is 36.8 Å². The maximum Gasteiger partial charge on any atom is 0.246 e. The van der Waals surface area contributed by atoms with E-state index in [1.54, 1.807) is 18.0 Å². The molecule has 2 aromatic carbocycles. The van der Waals surface area contributed by atoms with Crippen LogP contribution in [0.25, 0.3) is 11.0 Å². The van der Waals surface area contributed by atoms with Crippen molar-refractivity contribution < 1.29 is 14.4 Å². The van der Waals surface area contributed by atoms with Crippen LogP contribution in [-0.4, -0.2) is 38.8 Å². The molecule has 2 atom stereocenters. The summed E-state index contributed by atoms with van der Waals surface area (Å²) in [6.07, 6.45) is -0.0138. The second kappa shape index (κ2) is 7.98. The third-order valence-corrected chi connectivity index (χ3v) is 5.64. The Balaban J connectivity index is 1.30. The van der Waals surface area contributed by atoms with Crippen LogP contribution in [0, 0.1) is 0 Å². The number of rotatable bonds is 5. The number of nitrogens with one attached hydrogen (secondary N) is 1. The molecule has 0 saturated carbocycles. The number of aromatic nitrogens is 3. The summed E-state index contributed by atoms with van der Waals surface area (Å²) in [4.78, 5) is 19.2. The molecule has 0 bridgehead atoms. The van der Waals surface area contributed by atoms with Gasteiger partial charge in [-0.3, -0.25) is 15.0 Å². The highest BCUT2D eigenvalue weighted by molar-refractivity contribution is 5.97. The number of hydrogen-bond acceptors (Lipinski definition) is 6. The van der Waals surface area contributed by atoms with Crippen molar-refractivity contribution in [1.29, 1.82) is 0 Å². The lowest BCUT2D eigenvalue weighted by Crippen LogP contribution is -2.45. The third kappa shape index (κ3) is 3.71. The van der Waals surface area contributed by atoms with Crippen LogP contribution in [0.4, 0.5) is 5.95 Å². The van der Waals surface area contributed by atoms with Gasteiger partial charge in [0.2, 0.25) is 11.9 Å². The highest BCUT2D eigenvalue weighted by Gasteiger charge is 2.32. The summed E-state index contributed by atoms with van der Waals surface area (Å²) in [5.74, 6) is 1.11. The number of aryl methyl sites for hydroxylation is 1. The number of imidazole rings is 1. The summed E-state index contributed by atoms with van der Waals surface area (Å²) in [5.41, 5.74) is 3.29. The van der Waals surface area contributed by atoms with Crippen molar-refractivity contribution in [3.05, 3.63) is 77.7 Å². The number of likely N-dealkylation sites (N-methyl/N-ethyl adjacent to an activating group) is 1. The minimum atomic E-state index is -1.11. The molecule has 0 radical (unpaired) electrons. The lowest BCUT2D eigenvalue weighted by molar-refractivity contribution is -0.121. The van der Waals surface area contributed by atoms with Crippen LogP contribution in [0.15, 0.2) is 65.2 Å². The molecule has 0 spiro atoms. The molecule has 0 fully saturated rings. The van der Waals surface area contributed by atoms with Crippen molar-refractivity contribution in [3.63, 3.8) is 0 Å². The summed E-state index contributed by atoms with van der Waals surface area (Å²) < 4.78 is 7.42. The lowest BCUT2D eigenvalue weighted by atomic mass is 10.1. The van der Waals surface area contributed by atoms with Gasteiger partial charge < -0.3 is 14.2 Å². The molecule has 2 aromatic heterocycles. The number of amides is 1. The minimum Gasteiger partial charge on any atom is -0.372 e. The number of aliphatic hydroxyl groups excluding tert-OH is 1. The van der Waals surface area contributed by atoms with Crippen molar-refractivity contribution in [3.8, 4) is 0 Å². The number of hydrogen-bond donors (Lipinski definition) is 2. The predicted octanol–water partition coefficient (Wildman–Crippen LogP) is 2.63. The Morgan fingerprint density at radius 1 is 1.19 bits per heavy atom. The fraction of sp³-hybridized carbons (Fsp3) is 0.261. The Hall–Kier alpha value is -3.49. The topological polar surface area (TPSA) is 96.4 Å². The van der Waals surface area contributed by atoms with Crippen LogP contribution in [0.5, 0.6) is 0 Å². The van der Waals surface area contributed by atoms with Crippen molar-refractivity contribution in [2.75, 3.05) is 11.9 Å². The summed E-state index contributed by atoms with van der Waals surface area (Å²) in [6.45, 7) is 0.606. The van der Waals surface area contributed by atoms with Gasteiger partial charge in [-0.1, -0.05) is 47.6 Å². The molecule has 31 heavy (non-hydrogen) atoms. The van der Waals surface area contributed by atoms with E-state index in [2.05, 4.69) is 15.5 Å². The zero-order chi connectivity index (χ0) is 21.4. The van der Waals surface area contributed by atoms with E-state index in [9.17, 15) is 9.90 Å². The average molecular weight is 417 g/mol. The molecule has 5 rings (SSSR count). The number of fused-ring (bicyclic) bond motifs is 3. The van der Waals surface area contributed by atoms with Crippen molar-refractivity contribution in [2.24, 2.45) is 0 Å². The molecule has 4 aromatic rings. The fourth-order valence-electron chi connectivity index (χ4n) is 4.02. The number of anilines is 1. The quantitative estimate of drug-likeness (QED) is 0.485. The molecule has 8 heteroatoms. The van der Waals surface area contributed by atoms with E-state index < -0.39 is 12.3 Å². The van der Waals surface area contributed by atoms with E-state index in [-0.39, 0.29) is 5.91 Å². The standard InChI is InChI=1S/C23H23N5O3/c1-27-22(30)18(11-12-28-20-10-6-5-9-17(20)25-23(27)28)24-21(29)19-14-16(31-26-19)13-15-7-3-2-4-8-15/h2-10,14,18,21,24,29H,11-13H2,1H3/t18-,21?/m0/s1. The van der Waals surface area contributed by atoms with Gasteiger partial charge in [0.15, 0.2) is 6.23 Å². The molecule has 1 unspecified atom stereocenters. The van der Waals surface area contributed by atoms with Gasteiger partial charge in [-0.2, -0.15) is 0 Å². The molecule has 1 aliphatic rings. The van der Waals surface area contributed by atoms with Gasteiger partial charge in [-0.15, -0.1) is 0 Å². The number of carbonyl (C=O) groups is 1. The van der Waals surface area contributed by atoms with Gasteiger partial charge in [0.25, 0.3) is 0 Å². The van der Waals surface area contributed by atoms with Crippen LogP contribution in [0.3, 0.4) is 0 Å². The van der Waals surface area contributed by atoms with E-state index >= 15 is 0 Å².